The van der Waals surface area contributed by atoms with Crippen LogP contribution in [0.15, 0.2) is 53.4 Å². The van der Waals surface area contributed by atoms with Crippen LogP contribution in [0, 0.1) is 0 Å². The molecule has 0 spiro atoms. The first kappa shape index (κ1) is 19.8. The summed E-state index contributed by atoms with van der Waals surface area (Å²) in [7, 11) is -0.378. The van der Waals surface area contributed by atoms with Gasteiger partial charge in [0.25, 0.3) is 0 Å². The van der Waals surface area contributed by atoms with E-state index in [1.807, 2.05) is 0 Å². The average molecular weight is 377 g/mol. The van der Waals surface area contributed by atoms with Crippen LogP contribution in [-0.4, -0.2) is 34.3 Å². The number of ether oxygens (including phenoxy) is 2. The van der Waals surface area contributed by atoms with Crippen LogP contribution in [-0.2, 0) is 14.6 Å². The third-order valence-corrected chi connectivity index (χ3v) is 5.71. The smallest absolute Gasteiger partial charge is 0.221 e. The monoisotopic (exact) mass is 377 g/mol. The predicted octanol–water partition coefficient (Wildman–Crippen LogP) is 2.75. The Labute approximate surface area is 154 Å². The number of nitrogens with one attached hydrogen (secondary N) is 1. The van der Waals surface area contributed by atoms with Gasteiger partial charge in [0.2, 0.25) is 5.91 Å². The number of amides is 1. The van der Waals surface area contributed by atoms with Gasteiger partial charge < -0.3 is 14.8 Å². The fourth-order valence-corrected chi connectivity index (χ4v) is 3.80. The number of carbonyl (C=O) groups excluding carboxylic acids is 1. The fraction of sp³-hybridized carbons (Fsp3) is 0.316. The van der Waals surface area contributed by atoms with E-state index in [2.05, 4.69) is 5.32 Å². The Kier molecular flexibility index (Phi) is 6.63. The van der Waals surface area contributed by atoms with Crippen LogP contribution >= 0.6 is 0 Å². The van der Waals surface area contributed by atoms with Crippen LogP contribution in [0.1, 0.15) is 24.9 Å². The van der Waals surface area contributed by atoms with E-state index in [1.165, 1.54) is 12.1 Å². The standard InChI is InChI=1S/C19H23NO5S/c1-14(17-13-15(24-2)9-10-18(17)25-3)20-19(21)11-12-26(22,23)16-7-5-4-6-8-16/h4-10,13-14H,11-12H2,1-3H3,(H,20,21)/t14-/m1/s1. The Bertz CT molecular complexity index is 849. The molecule has 2 aromatic carbocycles. The van der Waals surface area contributed by atoms with Gasteiger partial charge in [-0.3, -0.25) is 4.79 Å². The summed E-state index contributed by atoms with van der Waals surface area (Å²) in [6, 6.07) is 13.1. The summed E-state index contributed by atoms with van der Waals surface area (Å²) in [5, 5.41) is 2.81. The van der Waals surface area contributed by atoms with Crippen molar-refractivity contribution >= 4 is 15.7 Å². The van der Waals surface area contributed by atoms with Crippen molar-refractivity contribution < 1.29 is 22.7 Å². The summed E-state index contributed by atoms with van der Waals surface area (Å²) < 4.78 is 35.0. The number of benzene rings is 2. The second-order valence-electron chi connectivity index (χ2n) is 5.78. The second-order valence-corrected chi connectivity index (χ2v) is 7.89. The van der Waals surface area contributed by atoms with Gasteiger partial charge in [0.05, 0.1) is 30.9 Å². The molecule has 0 radical (unpaired) electrons. The molecular weight excluding hydrogens is 354 g/mol. The topological polar surface area (TPSA) is 81.7 Å². The zero-order valence-electron chi connectivity index (χ0n) is 15.1. The van der Waals surface area contributed by atoms with E-state index in [1.54, 1.807) is 57.5 Å². The summed E-state index contributed by atoms with van der Waals surface area (Å²) in [5.41, 5.74) is 0.756. The number of hydrogen-bond acceptors (Lipinski definition) is 5. The van der Waals surface area contributed by atoms with E-state index >= 15 is 0 Å². The summed E-state index contributed by atoms with van der Waals surface area (Å²) in [5.74, 6) is 0.677. The maximum atomic E-state index is 12.3. The molecule has 0 aromatic heterocycles. The lowest BCUT2D eigenvalue weighted by atomic mass is 10.1. The number of sulfone groups is 1. The molecule has 0 aliphatic heterocycles. The Balaban J connectivity index is 2.02. The van der Waals surface area contributed by atoms with Gasteiger partial charge in [0.15, 0.2) is 9.84 Å². The highest BCUT2D eigenvalue weighted by Gasteiger charge is 2.19. The van der Waals surface area contributed by atoms with E-state index in [-0.39, 0.29) is 29.0 Å². The maximum Gasteiger partial charge on any atom is 0.221 e. The first-order chi connectivity index (χ1) is 12.4. The second kappa shape index (κ2) is 8.71. The Morgan fingerprint density at radius 3 is 2.38 bits per heavy atom. The normalized spacial score (nSPS) is 12.3. The van der Waals surface area contributed by atoms with Gasteiger partial charge in [-0.25, -0.2) is 8.42 Å². The fourth-order valence-electron chi connectivity index (χ4n) is 2.54. The Hall–Kier alpha value is -2.54. The van der Waals surface area contributed by atoms with Gasteiger partial charge >= 0.3 is 0 Å². The number of methoxy groups -OCH3 is 2. The van der Waals surface area contributed by atoms with Crippen molar-refractivity contribution in [3.63, 3.8) is 0 Å². The first-order valence-corrected chi connectivity index (χ1v) is 9.81. The third-order valence-electron chi connectivity index (χ3n) is 3.98. The van der Waals surface area contributed by atoms with Crippen LogP contribution in [0.2, 0.25) is 0 Å². The van der Waals surface area contributed by atoms with Crippen LogP contribution < -0.4 is 14.8 Å². The van der Waals surface area contributed by atoms with E-state index in [0.717, 1.165) is 5.56 Å². The molecule has 0 unspecified atom stereocenters. The minimum atomic E-state index is -3.48. The molecule has 1 atom stereocenters. The number of rotatable bonds is 8. The van der Waals surface area contributed by atoms with Crippen molar-refractivity contribution in [3.05, 3.63) is 54.1 Å². The molecule has 0 heterocycles. The van der Waals surface area contributed by atoms with Crippen LogP contribution in [0.3, 0.4) is 0 Å². The Morgan fingerprint density at radius 1 is 1.08 bits per heavy atom. The molecule has 0 aliphatic rings. The summed E-state index contributed by atoms with van der Waals surface area (Å²) in [6.45, 7) is 1.81. The maximum absolute atomic E-state index is 12.3. The van der Waals surface area contributed by atoms with Gasteiger partial charge in [-0.05, 0) is 37.3 Å². The van der Waals surface area contributed by atoms with Crippen LogP contribution in [0.5, 0.6) is 11.5 Å². The molecule has 2 rings (SSSR count). The predicted molar refractivity (Wildman–Crippen MR) is 99.2 cm³/mol. The van der Waals surface area contributed by atoms with E-state index in [4.69, 9.17) is 9.47 Å². The zero-order valence-corrected chi connectivity index (χ0v) is 15.9. The molecular formula is C19H23NO5S. The SMILES string of the molecule is COc1ccc(OC)c([C@@H](C)NC(=O)CCS(=O)(=O)c2ccccc2)c1. The number of hydrogen-bond donors (Lipinski definition) is 1. The molecule has 0 aliphatic carbocycles. The average Bonchev–Trinajstić information content (AvgIpc) is 2.66. The number of carbonyl (C=O) groups is 1. The Morgan fingerprint density at radius 2 is 1.77 bits per heavy atom. The lowest BCUT2D eigenvalue weighted by molar-refractivity contribution is -0.121. The van der Waals surface area contributed by atoms with Gasteiger partial charge in [0, 0.05) is 12.0 Å². The third kappa shape index (κ3) is 4.98. The molecule has 140 valence electrons. The van der Waals surface area contributed by atoms with Crippen LogP contribution in [0.4, 0.5) is 0 Å². The molecule has 0 fully saturated rings. The van der Waals surface area contributed by atoms with Crippen molar-refractivity contribution in [2.45, 2.75) is 24.3 Å². The quantitative estimate of drug-likeness (QED) is 0.765. The lowest BCUT2D eigenvalue weighted by Gasteiger charge is -2.18. The molecule has 0 saturated carbocycles. The molecule has 1 N–H and O–H groups in total. The molecule has 26 heavy (non-hydrogen) atoms. The van der Waals surface area contributed by atoms with Gasteiger partial charge in [-0.2, -0.15) is 0 Å². The lowest BCUT2D eigenvalue weighted by Crippen LogP contribution is -2.28. The molecule has 0 saturated heterocycles. The first-order valence-electron chi connectivity index (χ1n) is 8.16. The van der Waals surface area contributed by atoms with Gasteiger partial charge in [-0.15, -0.1) is 0 Å². The van der Waals surface area contributed by atoms with Gasteiger partial charge in [-0.1, -0.05) is 18.2 Å². The summed E-state index contributed by atoms with van der Waals surface area (Å²) in [6.07, 6.45) is -0.117. The van der Waals surface area contributed by atoms with E-state index in [0.29, 0.717) is 11.5 Å². The van der Waals surface area contributed by atoms with Crippen molar-refractivity contribution in [1.29, 1.82) is 0 Å². The van der Waals surface area contributed by atoms with E-state index in [9.17, 15) is 13.2 Å². The van der Waals surface area contributed by atoms with Crippen molar-refractivity contribution in [3.8, 4) is 11.5 Å². The zero-order chi connectivity index (χ0) is 19.2. The summed E-state index contributed by atoms with van der Waals surface area (Å²) >= 11 is 0. The van der Waals surface area contributed by atoms with Crippen molar-refractivity contribution in [2.75, 3.05) is 20.0 Å². The van der Waals surface area contributed by atoms with Gasteiger partial charge in [0.1, 0.15) is 11.5 Å². The largest absolute Gasteiger partial charge is 0.497 e. The minimum Gasteiger partial charge on any atom is -0.497 e. The summed E-state index contributed by atoms with van der Waals surface area (Å²) in [4.78, 5) is 12.4. The highest BCUT2D eigenvalue weighted by Crippen LogP contribution is 2.29. The molecule has 7 heteroatoms. The highest BCUT2D eigenvalue weighted by atomic mass is 32.2. The molecule has 1 amide bonds. The molecule has 2 aromatic rings. The molecule has 6 nitrogen and oxygen atoms in total. The van der Waals surface area contributed by atoms with Crippen LogP contribution in [0.25, 0.3) is 0 Å². The van der Waals surface area contributed by atoms with Crippen molar-refractivity contribution in [1.82, 2.24) is 5.32 Å². The highest BCUT2D eigenvalue weighted by molar-refractivity contribution is 7.91. The van der Waals surface area contributed by atoms with Crippen molar-refractivity contribution in [2.24, 2.45) is 0 Å². The molecule has 0 bridgehead atoms. The minimum absolute atomic E-state index is 0.117. The van der Waals surface area contributed by atoms with E-state index < -0.39 is 9.84 Å².